The number of hydroxylamine groups is 2. The van der Waals surface area contributed by atoms with Crippen molar-refractivity contribution in [3.63, 3.8) is 0 Å². The number of amides is 2. The summed E-state index contributed by atoms with van der Waals surface area (Å²) in [4.78, 5) is 38.3. The van der Waals surface area contributed by atoms with Crippen molar-refractivity contribution in [1.82, 2.24) is 5.06 Å². The summed E-state index contributed by atoms with van der Waals surface area (Å²) in [6.45, 7) is 1.91. The van der Waals surface area contributed by atoms with Gasteiger partial charge in [0, 0.05) is 18.9 Å². The molecule has 1 fully saturated rings. The van der Waals surface area contributed by atoms with E-state index >= 15 is 0 Å². The number of carbonyl (C=O) groups excluding carboxylic acids is 3. The minimum Gasteiger partial charge on any atom is -0.326 e. The molecule has 100 valence electrons. The lowest BCUT2D eigenvalue weighted by molar-refractivity contribution is -0.193. The SMILES string of the molecule is C/C=C/C=C/C=C/C=C/C(=O)ON1C(=O)CCC1=O. The highest BCUT2D eigenvalue weighted by molar-refractivity contribution is 6.02. The Morgan fingerprint density at radius 3 is 2.11 bits per heavy atom. The monoisotopic (exact) mass is 261 g/mol. The van der Waals surface area contributed by atoms with Gasteiger partial charge in [-0.2, -0.15) is 0 Å². The lowest BCUT2D eigenvalue weighted by Crippen LogP contribution is -2.31. The van der Waals surface area contributed by atoms with E-state index in [0.717, 1.165) is 6.08 Å². The number of nitrogens with zero attached hydrogens (tertiary/aromatic N) is 1. The van der Waals surface area contributed by atoms with Gasteiger partial charge in [-0.3, -0.25) is 9.59 Å². The molecule has 0 aromatic rings. The largest absolute Gasteiger partial charge is 0.356 e. The number of carbonyl (C=O) groups is 3. The predicted molar refractivity (Wildman–Crippen MR) is 69.4 cm³/mol. The average molecular weight is 261 g/mol. The molecular formula is C14H15NO4. The van der Waals surface area contributed by atoms with Crippen LogP contribution in [-0.4, -0.2) is 22.8 Å². The zero-order valence-electron chi connectivity index (χ0n) is 10.6. The molecule has 0 spiro atoms. The summed E-state index contributed by atoms with van der Waals surface area (Å²) < 4.78 is 0. The second kappa shape index (κ2) is 7.81. The first-order valence-corrected chi connectivity index (χ1v) is 5.85. The summed E-state index contributed by atoms with van der Waals surface area (Å²) >= 11 is 0. The van der Waals surface area contributed by atoms with Gasteiger partial charge in [-0.25, -0.2) is 4.79 Å². The van der Waals surface area contributed by atoms with E-state index < -0.39 is 17.8 Å². The van der Waals surface area contributed by atoms with Crippen molar-refractivity contribution in [2.24, 2.45) is 0 Å². The molecule has 0 aliphatic carbocycles. The third-order valence-electron chi connectivity index (χ3n) is 2.17. The molecule has 0 unspecified atom stereocenters. The van der Waals surface area contributed by atoms with Gasteiger partial charge < -0.3 is 4.84 Å². The fraction of sp³-hybridized carbons (Fsp3) is 0.214. The molecule has 2 amide bonds. The molecule has 0 aromatic heterocycles. The van der Waals surface area contributed by atoms with Gasteiger partial charge in [-0.05, 0) is 6.92 Å². The smallest absolute Gasteiger partial charge is 0.326 e. The third kappa shape index (κ3) is 5.16. The summed E-state index contributed by atoms with van der Waals surface area (Å²) in [6.07, 6.45) is 13.5. The minimum atomic E-state index is -0.759. The molecule has 5 nitrogen and oxygen atoms in total. The molecule has 0 atom stereocenters. The Kier molecular flexibility index (Phi) is 6.02. The lowest BCUT2D eigenvalue weighted by Gasteiger charge is -2.10. The number of hydrogen-bond acceptors (Lipinski definition) is 4. The van der Waals surface area contributed by atoms with Crippen LogP contribution in [0.2, 0.25) is 0 Å². The summed E-state index contributed by atoms with van der Waals surface area (Å²) in [5, 5.41) is 0.516. The van der Waals surface area contributed by atoms with Gasteiger partial charge in [0.25, 0.3) is 11.8 Å². The van der Waals surface area contributed by atoms with Crippen LogP contribution in [0.5, 0.6) is 0 Å². The second-order valence-electron chi connectivity index (χ2n) is 3.65. The first-order chi connectivity index (χ1) is 9.15. The van der Waals surface area contributed by atoms with Crippen molar-refractivity contribution >= 4 is 17.8 Å². The van der Waals surface area contributed by atoms with Crippen molar-refractivity contribution < 1.29 is 19.2 Å². The number of rotatable bonds is 5. The highest BCUT2D eigenvalue weighted by Gasteiger charge is 2.32. The normalized spacial score (nSPS) is 16.8. The Labute approximate surface area is 111 Å². The van der Waals surface area contributed by atoms with Crippen LogP contribution in [0.25, 0.3) is 0 Å². The molecule has 1 aliphatic heterocycles. The quantitative estimate of drug-likeness (QED) is 0.430. The van der Waals surface area contributed by atoms with E-state index in [0.29, 0.717) is 5.06 Å². The van der Waals surface area contributed by atoms with Crippen LogP contribution in [0.3, 0.4) is 0 Å². The molecule has 19 heavy (non-hydrogen) atoms. The summed E-state index contributed by atoms with van der Waals surface area (Å²) in [5.74, 6) is -1.74. The van der Waals surface area contributed by atoms with Crippen LogP contribution in [0, 0.1) is 0 Å². The zero-order chi connectivity index (χ0) is 14.1. The van der Waals surface area contributed by atoms with Gasteiger partial charge in [-0.15, -0.1) is 5.06 Å². The van der Waals surface area contributed by atoms with E-state index in [4.69, 9.17) is 0 Å². The number of hydrogen-bond donors (Lipinski definition) is 0. The molecule has 0 N–H and O–H groups in total. The number of imide groups is 1. The highest BCUT2D eigenvalue weighted by atomic mass is 16.7. The number of allylic oxidation sites excluding steroid dienone is 7. The Morgan fingerprint density at radius 1 is 1.00 bits per heavy atom. The molecule has 0 radical (unpaired) electrons. The molecule has 5 heteroatoms. The third-order valence-corrected chi connectivity index (χ3v) is 2.17. The van der Waals surface area contributed by atoms with Crippen LogP contribution in [-0.2, 0) is 19.2 Å². The van der Waals surface area contributed by atoms with Crippen LogP contribution in [0.1, 0.15) is 19.8 Å². The predicted octanol–water partition coefficient (Wildman–Crippen LogP) is 1.84. The van der Waals surface area contributed by atoms with Gasteiger partial charge in [0.2, 0.25) is 0 Å². The standard InChI is InChI=1S/C14H15NO4/c1-2-3-4-5-6-7-8-9-14(18)19-15-12(16)10-11-13(15)17/h2-9H,10-11H2,1H3/b3-2+,5-4+,7-6+,9-8+. The van der Waals surface area contributed by atoms with Crippen molar-refractivity contribution in [1.29, 1.82) is 0 Å². The molecule has 1 rings (SSSR count). The van der Waals surface area contributed by atoms with Gasteiger partial charge >= 0.3 is 5.97 Å². The summed E-state index contributed by atoms with van der Waals surface area (Å²) in [7, 11) is 0. The fourth-order valence-corrected chi connectivity index (χ4v) is 1.28. The van der Waals surface area contributed by atoms with Gasteiger partial charge in [0.1, 0.15) is 0 Å². The highest BCUT2D eigenvalue weighted by Crippen LogP contribution is 2.12. The molecule has 1 saturated heterocycles. The van der Waals surface area contributed by atoms with E-state index in [1.54, 1.807) is 18.2 Å². The topological polar surface area (TPSA) is 63.7 Å². The van der Waals surface area contributed by atoms with Crippen LogP contribution < -0.4 is 0 Å². The molecular weight excluding hydrogens is 246 g/mol. The van der Waals surface area contributed by atoms with Gasteiger partial charge in [-0.1, -0.05) is 42.5 Å². The van der Waals surface area contributed by atoms with E-state index in [1.807, 2.05) is 25.2 Å². The Hall–Kier alpha value is -2.43. The van der Waals surface area contributed by atoms with Crippen LogP contribution >= 0.6 is 0 Å². The first-order valence-electron chi connectivity index (χ1n) is 5.85. The molecule has 0 aromatic carbocycles. The van der Waals surface area contributed by atoms with E-state index in [2.05, 4.69) is 4.84 Å². The maximum absolute atomic E-state index is 11.3. The lowest BCUT2D eigenvalue weighted by atomic mass is 10.4. The summed E-state index contributed by atoms with van der Waals surface area (Å²) in [6, 6.07) is 0. The van der Waals surface area contributed by atoms with Gasteiger partial charge in [0.15, 0.2) is 0 Å². The van der Waals surface area contributed by atoms with E-state index in [-0.39, 0.29) is 12.8 Å². The first kappa shape index (κ1) is 14.6. The second-order valence-corrected chi connectivity index (χ2v) is 3.65. The molecule has 1 aliphatic rings. The van der Waals surface area contributed by atoms with Gasteiger partial charge in [0.05, 0.1) is 0 Å². The van der Waals surface area contributed by atoms with Crippen molar-refractivity contribution in [2.45, 2.75) is 19.8 Å². The van der Waals surface area contributed by atoms with E-state index in [9.17, 15) is 14.4 Å². The maximum atomic E-state index is 11.3. The van der Waals surface area contributed by atoms with Crippen molar-refractivity contribution in [2.75, 3.05) is 0 Å². The molecule has 0 bridgehead atoms. The Morgan fingerprint density at radius 2 is 1.53 bits per heavy atom. The van der Waals surface area contributed by atoms with Crippen molar-refractivity contribution in [3.8, 4) is 0 Å². The molecule has 0 saturated carbocycles. The maximum Gasteiger partial charge on any atom is 0.356 e. The van der Waals surface area contributed by atoms with E-state index in [1.165, 1.54) is 6.08 Å². The van der Waals surface area contributed by atoms with Crippen LogP contribution in [0.15, 0.2) is 48.6 Å². The minimum absolute atomic E-state index is 0.0888. The van der Waals surface area contributed by atoms with Crippen molar-refractivity contribution in [3.05, 3.63) is 48.6 Å². The zero-order valence-corrected chi connectivity index (χ0v) is 10.6. The van der Waals surface area contributed by atoms with Crippen LogP contribution in [0.4, 0.5) is 0 Å². The average Bonchev–Trinajstić information content (AvgIpc) is 2.69. The Balaban J connectivity index is 2.38. The fourth-order valence-electron chi connectivity index (χ4n) is 1.28. The molecule has 1 heterocycles. The summed E-state index contributed by atoms with van der Waals surface area (Å²) in [5.41, 5.74) is 0. The Bertz CT molecular complexity index is 456.